The number of alkyl halides is 3. The first-order valence-electron chi connectivity index (χ1n) is 12.5. The van der Waals surface area contributed by atoms with Crippen LogP contribution in [-0.4, -0.2) is 55.3 Å². The Bertz CT molecular complexity index is 1310. The maximum atomic E-state index is 14.0. The Hall–Kier alpha value is -3.32. The molecule has 1 aliphatic carbocycles. The van der Waals surface area contributed by atoms with Gasteiger partial charge in [-0.1, -0.05) is 42.5 Å². The van der Waals surface area contributed by atoms with Crippen LogP contribution in [0.1, 0.15) is 43.9 Å². The van der Waals surface area contributed by atoms with Gasteiger partial charge in [0.25, 0.3) is 5.91 Å². The van der Waals surface area contributed by atoms with Crippen molar-refractivity contribution in [3.63, 3.8) is 0 Å². The predicted molar refractivity (Wildman–Crippen MR) is 139 cm³/mol. The number of Topliss-reactive ketones (excluding diaryl/α,β-unsaturated/α-hetero) is 1. The Morgan fingerprint density at radius 2 is 1.57 bits per heavy atom. The van der Waals surface area contributed by atoms with E-state index in [1.807, 2.05) is 0 Å². The van der Waals surface area contributed by atoms with Gasteiger partial charge in [-0.25, -0.2) is 12.8 Å². The summed E-state index contributed by atoms with van der Waals surface area (Å²) >= 11 is 0. The Labute approximate surface area is 229 Å². The summed E-state index contributed by atoms with van der Waals surface area (Å²) in [5.74, 6) is -5.53. The fraction of sp³-hybridized carbons (Fsp3) is 0.444. The Balaban J connectivity index is 1.80. The van der Waals surface area contributed by atoms with Gasteiger partial charge in [0.1, 0.15) is 23.4 Å². The van der Waals surface area contributed by atoms with Gasteiger partial charge in [0.05, 0.1) is 11.5 Å². The third-order valence-corrected chi connectivity index (χ3v) is 8.15. The van der Waals surface area contributed by atoms with E-state index in [4.69, 9.17) is 0 Å². The van der Waals surface area contributed by atoms with Crippen molar-refractivity contribution in [3.05, 3.63) is 71.5 Å². The summed E-state index contributed by atoms with van der Waals surface area (Å²) in [7, 11) is -3.99. The van der Waals surface area contributed by atoms with Gasteiger partial charge in [-0.05, 0) is 55.9 Å². The minimum atomic E-state index is -4.99. The molecule has 2 amide bonds. The lowest BCUT2D eigenvalue weighted by molar-refractivity contribution is -0.160. The molecule has 2 aromatic carbocycles. The number of hydrogen-bond acceptors (Lipinski definition) is 6. The minimum Gasteiger partial charge on any atom is -0.345 e. The van der Waals surface area contributed by atoms with Gasteiger partial charge in [0.15, 0.2) is 9.84 Å². The number of benzene rings is 2. The van der Waals surface area contributed by atoms with Crippen LogP contribution in [0.4, 0.5) is 17.6 Å². The lowest BCUT2D eigenvalue weighted by atomic mass is 9.97. The quantitative estimate of drug-likeness (QED) is 0.246. The van der Waals surface area contributed by atoms with E-state index in [0.29, 0.717) is 18.4 Å². The summed E-state index contributed by atoms with van der Waals surface area (Å²) in [5, 5.41) is 6.73. The normalized spacial score (nSPS) is 15.7. The van der Waals surface area contributed by atoms with E-state index < -0.39 is 68.4 Å². The molecule has 1 fully saturated rings. The number of carbonyl (C=O) groups is 3. The fourth-order valence-electron chi connectivity index (χ4n) is 4.00. The van der Waals surface area contributed by atoms with Crippen LogP contribution in [0.5, 0.6) is 0 Å². The number of amides is 2. The maximum Gasteiger partial charge on any atom is 0.407 e. The molecule has 2 aromatic rings. The molecule has 2 atom stereocenters. The molecule has 0 aliphatic heterocycles. The number of rotatable bonds is 13. The number of ketones is 1. The molecule has 0 spiro atoms. The van der Waals surface area contributed by atoms with Crippen molar-refractivity contribution in [2.24, 2.45) is 5.92 Å². The van der Waals surface area contributed by atoms with Gasteiger partial charge in [0.2, 0.25) is 11.7 Å². The fourth-order valence-corrected chi connectivity index (χ4v) is 5.94. The molecule has 13 heteroatoms. The molecule has 0 bridgehead atoms. The van der Waals surface area contributed by atoms with Gasteiger partial charge in [-0.2, -0.15) is 13.2 Å². The summed E-state index contributed by atoms with van der Waals surface area (Å²) in [5.41, 5.74) is -1.63. The van der Waals surface area contributed by atoms with Crippen LogP contribution in [-0.2, 0) is 30.8 Å². The summed E-state index contributed by atoms with van der Waals surface area (Å²) in [6.07, 6.45) is -3.67. The molecule has 1 aliphatic rings. The first-order valence-corrected chi connectivity index (χ1v) is 14.4. The number of carbonyl (C=O) groups excluding carboxylic acids is 3. The van der Waals surface area contributed by atoms with Crippen LogP contribution in [0.2, 0.25) is 0 Å². The van der Waals surface area contributed by atoms with Gasteiger partial charge < -0.3 is 10.6 Å². The van der Waals surface area contributed by atoms with E-state index in [9.17, 15) is 40.4 Å². The van der Waals surface area contributed by atoms with E-state index in [2.05, 4.69) is 16.0 Å². The number of halogens is 4. The molecular weight excluding hydrogens is 554 g/mol. The molecule has 0 unspecified atom stereocenters. The molecular formula is C27H31F4N3O5S. The number of nitrogens with one attached hydrogen (secondary N) is 3. The number of sulfone groups is 1. The highest BCUT2D eigenvalue weighted by Crippen LogP contribution is 2.34. The van der Waals surface area contributed by atoms with Crippen LogP contribution in [0.25, 0.3) is 0 Å². The Morgan fingerprint density at radius 3 is 2.12 bits per heavy atom. The molecule has 0 radical (unpaired) electrons. The van der Waals surface area contributed by atoms with Crippen LogP contribution in [0.15, 0.2) is 54.6 Å². The minimum absolute atomic E-state index is 0.0178. The lowest BCUT2D eigenvalue weighted by Gasteiger charge is -2.30. The van der Waals surface area contributed by atoms with Gasteiger partial charge >= 0.3 is 6.18 Å². The molecule has 1 saturated carbocycles. The van der Waals surface area contributed by atoms with Gasteiger partial charge in [0, 0.05) is 6.54 Å². The Kier molecular flexibility index (Phi) is 9.72. The number of hydrogen-bond donors (Lipinski definition) is 3. The van der Waals surface area contributed by atoms with Crippen molar-refractivity contribution in [1.82, 2.24) is 16.0 Å². The summed E-state index contributed by atoms with van der Waals surface area (Å²) in [6, 6.07) is 7.57. The highest BCUT2D eigenvalue weighted by molar-refractivity contribution is 7.91. The second kappa shape index (κ2) is 12.5. The smallest absolute Gasteiger partial charge is 0.345 e. The SMILES string of the molecule is CC(C)(NC(=O)[C@H](CS(=O)(=O)CC1CC1)N[C@H](c1ccc(F)cc1)C(F)(F)F)C(=O)C(=O)NCc1ccccc1. The van der Waals surface area contributed by atoms with Crippen LogP contribution in [0, 0.1) is 11.7 Å². The average molecular weight is 586 g/mol. The van der Waals surface area contributed by atoms with Crippen LogP contribution < -0.4 is 16.0 Å². The first-order chi connectivity index (χ1) is 18.6. The zero-order valence-corrected chi connectivity index (χ0v) is 22.7. The first kappa shape index (κ1) is 31.2. The van der Waals surface area contributed by atoms with E-state index in [-0.39, 0.29) is 18.2 Å². The molecule has 3 rings (SSSR count). The third-order valence-electron chi connectivity index (χ3n) is 6.33. The lowest BCUT2D eigenvalue weighted by Crippen LogP contribution is -2.60. The van der Waals surface area contributed by atoms with E-state index in [1.165, 1.54) is 13.8 Å². The molecule has 40 heavy (non-hydrogen) atoms. The van der Waals surface area contributed by atoms with Crippen molar-refractivity contribution in [2.75, 3.05) is 11.5 Å². The van der Waals surface area contributed by atoms with Crippen LogP contribution in [0.3, 0.4) is 0 Å². The highest BCUT2D eigenvalue weighted by atomic mass is 32.2. The second-order valence-electron chi connectivity index (χ2n) is 10.4. The van der Waals surface area contributed by atoms with Gasteiger partial charge in [-0.15, -0.1) is 0 Å². The van der Waals surface area contributed by atoms with Crippen molar-refractivity contribution in [3.8, 4) is 0 Å². The molecule has 0 saturated heterocycles. The third kappa shape index (κ3) is 9.12. The molecule has 218 valence electrons. The second-order valence-corrected chi connectivity index (χ2v) is 12.5. The average Bonchev–Trinajstić information content (AvgIpc) is 3.68. The zero-order chi connectivity index (χ0) is 29.7. The van der Waals surface area contributed by atoms with Crippen molar-refractivity contribution in [1.29, 1.82) is 0 Å². The predicted octanol–water partition coefficient (Wildman–Crippen LogP) is 2.99. The monoisotopic (exact) mass is 585 g/mol. The largest absolute Gasteiger partial charge is 0.407 e. The highest BCUT2D eigenvalue weighted by Gasteiger charge is 2.45. The van der Waals surface area contributed by atoms with E-state index >= 15 is 0 Å². The van der Waals surface area contributed by atoms with E-state index in [1.54, 1.807) is 30.3 Å². The Morgan fingerprint density at radius 1 is 0.975 bits per heavy atom. The molecule has 8 nitrogen and oxygen atoms in total. The summed E-state index contributed by atoms with van der Waals surface area (Å²) in [6.45, 7) is 2.39. The van der Waals surface area contributed by atoms with Crippen molar-refractivity contribution < 1.29 is 40.4 Å². The molecule has 0 aromatic heterocycles. The van der Waals surface area contributed by atoms with Gasteiger partial charge in [-0.3, -0.25) is 19.7 Å². The zero-order valence-electron chi connectivity index (χ0n) is 21.9. The molecule has 0 heterocycles. The maximum absolute atomic E-state index is 14.0. The topological polar surface area (TPSA) is 121 Å². The standard InChI is InChI=1S/C27H31F4N3O5S/c1-26(2,23(35)25(37)32-14-17-6-4-3-5-7-17)34-24(36)21(16-40(38,39)15-18-8-9-18)33-22(27(29,30)31)19-10-12-20(28)13-11-19/h3-7,10-13,18,21-22,33H,8-9,14-16H2,1-2H3,(H,32,37)(H,34,36)/t21-,22+/m0/s1. The molecule has 3 N–H and O–H groups in total. The van der Waals surface area contributed by atoms with Crippen molar-refractivity contribution in [2.45, 2.75) is 57.0 Å². The van der Waals surface area contributed by atoms with Crippen LogP contribution >= 0.6 is 0 Å². The summed E-state index contributed by atoms with van der Waals surface area (Å²) < 4.78 is 81.0. The van der Waals surface area contributed by atoms with E-state index in [0.717, 1.165) is 24.3 Å². The summed E-state index contributed by atoms with van der Waals surface area (Å²) in [4.78, 5) is 38.6. The van der Waals surface area contributed by atoms with Crippen molar-refractivity contribution >= 4 is 27.4 Å².